The van der Waals surface area contributed by atoms with E-state index in [2.05, 4.69) is 39.0 Å². The van der Waals surface area contributed by atoms with Gasteiger partial charge in [0.15, 0.2) is 5.78 Å². The van der Waals surface area contributed by atoms with Crippen molar-refractivity contribution in [3.63, 3.8) is 0 Å². The number of rotatable bonds is 6. The second-order valence-corrected chi connectivity index (χ2v) is 8.62. The molecular weight excluding hydrogens is 404 g/mol. The molecule has 0 unspecified atom stereocenters. The topological polar surface area (TPSA) is 56.3 Å². The lowest BCUT2D eigenvalue weighted by Gasteiger charge is -2.34. The number of carbonyl (C=O) groups is 2. The molecule has 0 saturated carbocycles. The summed E-state index contributed by atoms with van der Waals surface area (Å²) >= 11 is 0. The van der Waals surface area contributed by atoms with Gasteiger partial charge in [0, 0.05) is 58.9 Å². The van der Waals surface area contributed by atoms with Gasteiger partial charge in [0.2, 0.25) is 0 Å². The number of hydrogen-bond acceptors (Lipinski definition) is 6. The van der Waals surface area contributed by atoms with Crippen LogP contribution in [-0.4, -0.2) is 97.4 Å². The number of carbonyl (C=O) groups excluding carboxylic acids is 2. The van der Waals surface area contributed by atoms with Crippen LogP contribution in [0.3, 0.4) is 0 Å². The molecule has 2 aliphatic rings. The highest BCUT2D eigenvalue weighted by Crippen LogP contribution is 2.21. The van der Waals surface area contributed by atoms with Crippen molar-refractivity contribution in [3.05, 3.63) is 65.7 Å². The monoisotopic (exact) mass is 436 g/mol. The first-order valence-corrected chi connectivity index (χ1v) is 11.3. The Balaban J connectivity index is 1.30. The van der Waals surface area contributed by atoms with Crippen LogP contribution in [0.4, 0.5) is 4.79 Å². The van der Waals surface area contributed by atoms with Gasteiger partial charge in [0.05, 0.1) is 12.1 Å². The number of ether oxygens (including phenoxy) is 1. The quantitative estimate of drug-likeness (QED) is 0.649. The standard InChI is InChI=1S/C25H32N4O3/c1-26-11-17-29(18-12-26)25(31)32-24-10-6-5-9-22(24)23(30)20-28-15-13-27(14-16-28)19-21-7-3-2-4-8-21/h2-10H,11-20H2,1H3. The summed E-state index contributed by atoms with van der Waals surface area (Å²) in [7, 11) is 2.04. The van der Waals surface area contributed by atoms with E-state index in [9.17, 15) is 9.59 Å². The second-order valence-electron chi connectivity index (χ2n) is 8.62. The minimum Gasteiger partial charge on any atom is -0.409 e. The lowest BCUT2D eigenvalue weighted by atomic mass is 10.1. The van der Waals surface area contributed by atoms with Crippen LogP contribution in [0, 0.1) is 0 Å². The first kappa shape index (κ1) is 22.5. The molecule has 0 aromatic heterocycles. The molecule has 2 heterocycles. The average molecular weight is 437 g/mol. The highest BCUT2D eigenvalue weighted by atomic mass is 16.6. The molecule has 2 aromatic rings. The summed E-state index contributed by atoms with van der Waals surface area (Å²) in [6.45, 7) is 7.76. The van der Waals surface area contributed by atoms with Gasteiger partial charge in [-0.1, -0.05) is 42.5 Å². The third-order valence-corrected chi connectivity index (χ3v) is 6.23. The van der Waals surface area contributed by atoms with E-state index in [-0.39, 0.29) is 11.9 Å². The third-order valence-electron chi connectivity index (χ3n) is 6.23. The predicted octanol–water partition coefficient (Wildman–Crippen LogP) is 2.43. The predicted molar refractivity (Wildman–Crippen MR) is 124 cm³/mol. The molecule has 4 rings (SSSR count). The first-order chi connectivity index (χ1) is 15.6. The second kappa shape index (κ2) is 10.7. The lowest BCUT2D eigenvalue weighted by Crippen LogP contribution is -2.48. The van der Waals surface area contributed by atoms with Crippen LogP contribution in [0.5, 0.6) is 5.75 Å². The summed E-state index contributed by atoms with van der Waals surface area (Å²) in [6.07, 6.45) is -0.382. The fourth-order valence-corrected chi connectivity index (χ4v) is 4.17. The Morgan fingerprint density at radius 2 is 1.41 bits per heavy atom. The zero-order valence-electron chi connectivity index (χ0n) is 18.8. The summed E-state index contributed by atoms with van der Waals surface area (Å²) < 4.78 is 5.63. The van der Waals surface area contributed by atoms with Crippen LogP contribution in [0.25, 0.3) is 0 Å². The SMILES string of the molecule is CN1CCN(C(=O)Oc2ccccc2C(=O)CN2CCN(Cc3ccccc3)CC2)CC1. The van der Waals surface area contributed by atoms with Crippen molar-refractivity contribution >= 4 is 11.9 Å². The maximum Gasteiger partial charge on any atom is 0.415 e. The van der Waals surface area contributed by atoms with Gasteiger partial charge in [0.1, 0.15) is 5.75 Å². The molecule has 0 atom stereocenters. The van der Waals surface area contributed by atoms with Gasteiger partial charge >= 0.3 is 6.09 Å². The van der Waals surface area contributed by atoms with Gasteiger partial charge in [-0.05, 0) is 24.7 Å². The minimum absolute atomic E-state index is 0.0108. The number of hydrogen-bond donors (Lipinski definition) is 0. The number of benzene rings is 2. The number of likely N-dealkylation sites (N-methyl/N-ethyl adjacent to an activating group) is 1. The molecule has 32 heavy (non-hydrogen) atoms. The summed E-state index contributed by atoms with van der Waals surface area (Å²) in [5.74, 6) is 0.340. The first-order valence-electron chi connectivity index (χ1n) is 11.3. The van der Waals surface area contributed by atoms with Crippen LogP contribution in [0.2, 0.25) is 0 Å². The zero-order valence-corrected chi connectivity index (χ0v) is 18.8. The number of amides is 1. The summed E-state index contributed by atoms with van der Waals surface area (Å²) in [4.78, 5) is 34.1. The number of nitrogens with zero attached hydrogens (tertiary/aromatic N) is 4. The molecule has 2 fully saturated rings. The van der Waals surface area contributed by atoms with Crippen LogP contribution >= 0.6 is 0 Å². The Morgan fingerprint density at radius 1 is 0.781 bits per heavy atom. The molecule has 0 bridgehead atoms. The van der Waals surface area contributed by atoms with Crippen molar-refractivity contribution in [3.8, 4) is 5.75 Å². The zero-order chi connectivity index (χ0) is 22.3. The minimum atomic E-state index is -0.382. The summed E-state index contributed by atoms with van der Waals surface area (Å²) in [5.41, 5.74) is 1.79. The van der Waals surface area contributed by atoms with Crippen LogP contribution in [-0.2, 0) is 6.54 Å². The summed E-state index contributed by atoms with van der Waals surface area (Å²) in [6, 6.07) is 17.5. The fraction of sp³-hybridized carbons (Fsp3) is 0.440. The fourth-order valence-electron chi connectivity index (χ4n) is 4.17. The van der Waals surface area contributed by atoms with Gasteiger partial charge in [-0.25, -0.2) is 4.79 Å². The Bertz CT molecular complexity index is 904. The van der Waals surface area contributed by atoms with E-state index in [0.717, 1.165) is 45.8 Å². The maximum absolute atomic E-state index is 13.0. The molecule has 170 valence electrons. The smallest absolute Gasteiger partial charge is 0.409 e. The van der Waals surface area contributed by atoms with Crippen molar-refractivity contribution in [2.45, 2.75) is 6.54 Å². The molecule has 2 aromatic carbocycles. The van der Waals surface area contributed by atoms with E-state index < -0.39 is 0 Å². The molecule has 0 radical (unpaired) electrons. The molecule has 2 aliphatic heterocycles. The van der Waals surface area contributed by atoms with E-state index in [1.165, 1.54) is 5.56 Å². The molecular formula is C25H32N4O3. The Labute approximate surface area is 190 Å². The molecule has 0 spiro atoms. The number of ketones is 1. The Hall–Kier alpha value is -2.74. The van der Waals surface area contributed by atoms with Crippen molar-refractivity contribution in [1.82, 2.24) is 19.6 Å². The van der Waals surface area contributed by atoms with E-state index in [4.69, 9.17) is 4.74 Å². The Morgan fingerprint density at radius 3 is 2.12 bits per heavy atom. The highest BCUT2D eigenvalue weighted by molar-refractivity contribution is 6.00. The van der Waals surface area contributed by atoms with Gasteiger partial charge in [-0.3, -0.25) is 14.6 Å². The van der Waals surface area contributed by atoms with E-state index >= 15 is 0 Å². The molecule has 0 aliphatic carbocycles. The number of piperazine rings is 2. The van der Waals surface area contributed by atoms with Crippen molar-refractivity contribution < 1.29 is 14.3 Å². The third kappa shape index (κ3) is 5.94. The average Bonchev–Trinajstić information content (AvgIpc) is 2.82. The largest absolute Gasteiger partial charge is 0.415 e. The molecule has 7 nitrogen and oxygen atoms in total. The van der Waals surface area contributed by atoms with Gasteiger partial charge in [-0.15, -0.1) is 0 Å². The van der Waals surface area contributed by atoms with Crippen LogP contribution in [0.1, 0.15) is 15.9 Å². The normalized spacial score (nSPS) is 18.5. The van der Waals surface area contributed by atoms with E-state index in [1.54, 1.807) is 23.1 Å². The number of Topliss-reactive ketones (excluding diaryl/α,β-unsaturated/α-hetero) is 1. The number of para-hydroxylation sites is 1. The molecule has 2 saturated heterocycles. The van der Waals surface area contributed by atoms with Crippen molar-refractivity contribution in [1.29, 1.82) is 0 Å². The van der Waals surface area contributed by atoms with Gasteiger partial charge < -0.3 is 14.5 Å². The van der Waals surface area contributed by atoms with Crippen molar-refractivity contribution in [2.24, 2.45) is 0 Å². The maximum atomic E-state index is 13.0. The summed E-state index contributed by atoms with van der Waals surface area (Å²) in [5, 5.41) is 0. The Kier molecular flexibility index (Phi) is 7.52. The van der Waals surface area contributed by atoms with Crippen molar-refractivity contribution in [2.75, 3.05) is 66.0 Å². The van der Waals surface area contributed by atoms with E-state index in [0.29, 0.717) is 30.9 Å². The van der Waals surface area contributed by atoms with Gasteiger partial charge in [0.25, 0.3) is 0 Å². The van der Waals surface area contributed by atoms with Crippen LogP contribution < -0.4 is 4.74 Å². The molecule has 7 heteroatoms. The van der Waals surface area contributed by atoms with Crippen LogP contribution in [0.15, 0.2) is 54.6 Å². The van der Waals surface area contributed by atoms with E-state index in [1.807, 2.05) is 19.2 Å². The molecule has 1 amide bonds. The lowest BCUT2D eigenvalue weighted by molar-refractivity contribution is 0.0839. The van der Waals surface area contributed by atoms with Gasteiger partial charge in [-0.2, -0.15) is 0 Å². The highest BCUT2D eigenvalue weighted by Gasteiger charge is 2.24. The molecule has 0 N–H and O–H groups in total.